The molecule has 174 valence electrons. The summed E-state index contributed by atoms with van der Waals surface area (Å²) in [5.41, 5.74) is 5.09. The van der Waals surface area contributed by atoms with Crippen LogP contribution in [0.4, 0.5) is 5.00 Å². The molecule has 2 aromatic heterocycles. The number of carbonyl (C=O) groups excluding carboxylic acids is 2. The number of nitrogens with zero attached hydrogens (tertiary/aromatic N) is 4. The standard InChI is InChI=1S/C24H23N5O3S2/c1-4-32-23(31)21-19(17-8-6-5-7-9-17)13-33-22(21)25-20(30)14-34-24-26-27-28-29(24)18-11-10-15(2)16(3)12-18/h5-13H,4,14H2,1-3H3,(H,25,30). The molecular formula is C24H23N5O3S2. The summed E-state index contributed by atoms with van der Waals surface area (Å²) in [4.78, 5) is 25.5. The molecule has 0 unspecified atom stereocenters. The lowest BCUT2D eigenvalue weighted by molar-refractivity contribution is -0.113. The Labute approximate surface area is 205 Å². The van der Waals surface area contributed by atoms with Crippen LogP contribution in [-0.4, -0.2) is 44.4 Å². The second-order valence-electron chi connectivity index (χ2n) is 7.42. The van der Waals surface area contributed by atoms with Crippen LogP contribution in [0.1, 0.15) is 28.4 Å². The van der Waals surface area contributed by atoms with Crippen LogP contribution in [-0.2, 0) is 9.53 Å². The highest BCUT2D eigenvalue weighted by atomic mass is 32.2. The monoisotopic (exact) mass is 493 g/mol. The fourth-order valence-electron chi connectivity index (χ4n) is 3.27. The van der Waals surface area contributed by atoms with Gasteiger partial charge in [0.1, 0.15) is 10.6 Å². The van der Waals surface area contributed by atoms with E-state index in [1.165, 1.54) is 28.7 Å². The predicted octanol–water partition coefficient (Wildman–Crippen LogP) is 4.92. The van der Waals surface area contributed by atoms with Crippen LogP contribution in [0.25, 0.3) is 16.8 Å². The van der Waals surface area contributed by atoms with Crippen molar-refractivity contribution in [2.45, 2.75) is 25.9 Å². The number of esters is 1. The van der Waals surface area contributed by atoms with E-state index in [0.29, 0.717) is 15.7 Å². The number of aromatic nitrogens is 4. The molecule has 34 heavy (non-hydrogen) atoms. The summed E-state index contributed by atoms with van der Waals surface area (Å²) in [6.45, 7) is 6.06. The fraction of sp³-hybridized carbons (Fsp3) is 0.208. The fourth-order valence-corrected chi connectivity index (χ4v) is 4.93. The van der Waals surface area contributed by atoms with Crippen molar-refractivity contribution in [3.8, 4) is 16.8 Å². The molecule has 1 N–H and O–H groups in total. The van der Waals surface area contributed by atoms with E-state index in [-0.39, 0.29) is 18.3 Å². The Balaban J connectivity index is 1.50. The highest BCUT2D eigenvalue weighted by Gasteiger charge is 2.23. The number of amides is 1. The molecular weight excluding hydrogens is 470 g/mol. The number of aryl methyl sites for hydroxylation is 2. The van der Waals surface area contributed by atoms with Gasteiger partial charge in [0.05, 0.1) is 18.0 Å². The van der Waals surface area contributed by atoms with Crippen LogP contribution < -0.4 is 5.32 Å². The number of benzene rings is 2. The van der Waals surface area contributed by atoms with E-state index in [2.05, 4.69) is 20.8 Å². The number of ether oxygens (including phenoxy) is 1. The first-order chi connectivity index (χ1) is 16.5. The lowest BCUT2D eigenvalue weighted by atomic mass is 10.0. The molecule has 4 aromatic rings. The lowest BCUT2D eigenvalue weighted by Crippen LogP contribution is -2.16. The first-order valence-corrected chi connectivity index (χ1v) is 12.5. The van der Waals surface area contributed by atoms with Gasteiger partial charge in [0, 0.05) is 10.9 Å². The molecule has 0 fully saturated rings. The van der Waals surface area contributed by atoms with Crippen LogP contribution in [0.3, 0.4) is 0 Å². The second kappa shape index (κ2) is 10.6. The molecule has 8 nitrogen and oxygen atoms in total. The minimum absolute atomic E-state index is 0.0754. The first-order valence-electron chi connectivity index (χ1n) is 10.6. The van der Waals surface area contributed by atoms with Crippen molar-refractivity contribution < 1.29 is 14.3 Å². The van der Waals surface area contributed by atoms with Crippen molar-refractivity contribution in [2.24, 2.45) is 0 Å². The van der Waals surface area contributed by atoms with Gasteiger partial charge in [-0.2, -0.15) is 4.68 Å². The van der Waals surface area contributed by atoms with E-state index in [1.807, 2.05) is 67.8 Å². The molecule has 0 saturated heterocycles. The first kappa shape index (κ1) is 23.7. The molecule has 10 heteroatoms. The highest BCUT2D eigenvalue weighted by Crippen LogP contribution is 2.36. The molecule has 0 aliphatic carbocycles. The normalized spacial score (nSPS) is 10.8. The number of hydrogen-bond donors (Lipinski definition) is 1. The van der Waals surface area contributed by atoms with E-state index in [1.54, 1.807) is 11.6 Å². The quantitative estimate of drug-likeness (QED) is 0.275. The zero-order valence-electron chi connectivity index (χ0n) is 18.9. The Morgan fingerprint density at radius 1 is 1.12 bits per heavy atom. The maximum absolute atomic E-state index is 12.8. The summed E-state index contributed by atoms with van der Waals surface area (Å²) < 4.78 is 6.86. The summed E-state index contributed by atoms with van der Waals surface area (Å²) >= 11 is 2.51. The third-order valence-electron chi connectivity index (χ3n) is 5.12. The van der Waals surface area contributed by atoms with Crippen molar-refractivity contribution in [1.82, 2.24) is 20.2 Å². The van der Waals surface area contributed by atoms with Crippen molar-refractivity contribution in [3.63, 3.8) is 0 Å². The van der Waals surface area contributed by atoms with Crippen LogP contribution in [0.2, 0.25) is 0 Å². The van der Waals surface area contributed by atoms with Gasteiger partial charge in [0.15, 0.2) is 0 Å². The molecule has 0 aliphatic rings. The molecule has 2 aromatic carbocycles. The van der Waals surface area contributed by atoms with Crippen molar-refractivity contribution in [2.75, 3.05) is 17.7 Å². The average molecular weight is 494 g/mol. The zero-order chi connectivity index (χ0) is 24.1. The third-order valence-corrected chi connectivity index (χ3v) is 6.93. The number of anilines is 1. The number of thioether (sulfide) groups is 1. The summed E-state index contributed by atoms with van der Waals surface area (Å²) in [6, 6.07) is 15.5. The Morgan fingerprint density at radius 3 is 2.65 bits per heavy atom. The van der Waals surface area contributed by atoms with Gasteiger partial charge in [-0.25, -0.2) is 4.79 Å². The minimum atomic E-state index is -0.468. The van der Waals surface area contributed by atoms with Gasteiger partial charge in [-0.3, -0.25) is 4.79 Å². The van der Waals surface area contributed by atoms with Crippen molar-refractivity contribution >= 4 is 40.0 Å². The Hall–Kier alpha value is -3.50. The molecule has 2 heterocycles. The van der Waals surface area contributed by atoms with Crippen molar-refractivity contribution in [3.05, 3.63) is 70.6 Å². The van der Waals surface area contributed by atoms with Gasteiger partial charge in [0.25, 0.3) is 0 Å². The number of hydrogen-bond acceptors (Lipinski definition) is 8. The SMILES string of the molecule is CCOC(=O)c1c(-c2ccccc2)csc1NC(=O)CSc1nnnn1-c1ccc(C)c(C)c1. The zero-order valence-corrected chi connectivity index (χ0v) is 20.6. The van der Waals surface area contributed by atoms with E-state index in [0.717, 1.165) is 22.4 Å². The molecule has 0 radical (unpaired) electrons. The highest BCUT2D eigenvalue weighted by molar-refractivity contribution is 7.99. The second-order valence-corrected chi connectivity index (χ2v) is 9.24. The van der Waals surface area contributed by atoms with E-state index in [4.69, 9.17) is 4.74 Å². The lowest BCUT2D eigenvalue weighted by Gasteiger charge is -2.09. The summed E-state index contributed by atoms with van der Waals surface area (Å²) in [7, 11) is 0. The van der Waals surface area contributed by atoms with Gasteiger partial charge >= 0.3 is 5.97 Å². The maximum atomic E-state index is 12.8. The van der Waals surface area contributed by atoms with Crippen molar-refractivity contribution in [1.29, 1.82) is 0 Å². The minimum Gasteiger partial charge on any atom is -0.462 e. The van der Waals surface area contributed by atoms with E-state index < -0.39 is 5.97 Å². The Morgan fingerprint density at radius 2 is 1.91 bits per heavy atom. The molecule has 0 spiro atoms. The van der Waals surface area contributed by atoms with Crippen LogP contribution in [0.5, 0.6) is 0 Å². The predicted molar refractivity (Wildman–Crippen MR) is 134 cm³/mol. The molecule has 0 bridgehead atoms. The topological polar surface area (TPSA) is 99.0 Å². The van der Waals surface area contributed by atoms with E-state index in [9.17, 15) is 9.59 Å². The number of tetrazole rings is 1. The average Bonchev–Trinajstić information content (AvgIpc) is 3.47. The number of rotatable bonds is 8. The summed E-state index contributed by atoms with van der Waals surface area (Å²) in [5.74, 6) is -0.664. The third kappa shape index (κ3) is 5.18. The van der Waals surface area contributed by atoms with Crippen LogP contribution >= 0.6 is 23.1 Å². The summed E-state index contributed by atoms with van der Waals surface area (Å²) in [6.07, 6.45) is 0. The molecule has 4 rings (SSSR count). The molecule has 0 atom stereocenters. The molecule has 1 amide bonds. The van der Waals surface area contributed by atoms with Crippen LogP contribution in [0.15, 0.2) is 59.1 Å². The Kier molecular flexibility index (Phi) is 7.39. The van der Waals surface area contributed by atoms with Gasteiger partial charge in [-0.15, -0.1) is 16.4 Å². The number of nitrogens with one attached hydrogen (secondary N) is 1. The smallest absolute Gasteiger partial charge is 0.341 e. The van der Waals surface area contributed by atoms with Gasteiger partial charge in [0.2, 0.25) is 11.1 Å². The maximum Gasteiger partial charge on any atom is 0.341 e. The van der Waals surface area contributed by atoms with E-state index >= 15 is 0 Å². The van der Waals surface area contributed by atoms with Gasteiger partial charge in [-0.1, -0.05) is 48.2 Å². The largest absolute Gasteiger partial charge is 0.462 e. The Bertz CT molecular complexity index is 1320. The molecule has 0 saturated carbocycles. The molecule has 0 aliphatic heterocycles. The number of thiophene rings is 1. The van der Waals surface area contributed by atoms with Gasteiger partial charge < -0.3 is 10.1 Å². The number of carbonyl (C=O) groups is 2. The van der Waals surface area contributed by atoms with Gasteiger partial charge in [-0.05, 0) is 60.0 Å². The van der Waals surface area contributed by atoms with Crippen LogP contribution in [0, 0.1) is 13.8 Å². The summed E-state index contributed by atoms with van der Waals surface area (Å²) in [5, 5.41) is 17.5.